The molecule has 2 nitrogen and oxygen atoms in total. The first kappa shape index (κ1) is 11.4. The molecule has 0 radical (unpaired) electrons. The van der Waals surface area contributed by atoms with E-state index < -0.39 is 0 Å². The molecule has 1 aliphatic rings. The highest BCUT2D eigenvalue weighted by Crippen LogP contribution is 2.38. The maximum absolute atomic E-state index is 13.2. The van der Waals surface area contributed by atoms with Gasteiger partial charge < -0.3 is 10.1 Å². The summed E-state index contributed by atoms with van der Waals surface area (Å²) in [6.45, 7) is 5.14. The van der Waals surface area contributed by atoms with Crippen LogP contribution in [-0.4, -0.2) is 12.6 Å². The zero-order valence-corrected chi connectivity index (χ0v) is 9.79. The highest BCUT2D eigenvalue weighted by Gasteiger charge is 2.32. The molecule has 1 aromatic carbocycles. The molecule has 1 aliphatic heterocycles. The molecule has 2 atom stereocenters. The summed E-state index contributed by atoms with van der Waals surface area (Å²) in [6, 6.07) is 4.89. The first-order chi connectivity index (χ1) is 7.76. The normalized spacial score (nSPS) is 22.9. The van der Waals surface area contributed by atoms with Crippen molar-refractivity contribution >= 4 is 0 Å². The van der Waals surface area contributed by atoms with Crippen LogP contribution in [-0.2, 0) is 0 Å². The van der Waals surface area contributed by atoms with Crippen LogP contribution in [0.1, 0.15) is 38.3 Å². The van der Waals surface area contributed by atoms with Crippen LogP contribution in [0.15, 0.2) is 18.2 Å². The first-order valence-corrected chi connectivity index (χ1v) is 5.95. The molecule has 0 aliphatic carbocycles. The van der Waals surface area contributed by atoms with Gasteiger partial charge in [-0.3, -0.25) is 0 Å². The topological polar surface area (TPSA) is 21.3 Å². The molecule has 0 amide bonds. The van der Waals surface area contributed by atoms with Gasteiger partial charge in [-0.1, -0.05) is 13.8 Å². The van der Waals surface area contributed by atoms with Crippen molar-refractivity contribution in [3.05, 3.63) is 29.6 Å². The van der Waals surface area contributed by atoms with Gasteiger partial charge in [-0.2, -0.15) is 0 Å². The molecule has 0 aromatic heterocycles. The molecule has 88 valence electrons. The van der Waals surface area contributed by atoms with Crippen molar-refractivity contribution in [3.8, 4) is 5.75 Å². The highest BCUT2D eigenvalue weighted by atomic mass is 19.1. The Hall–Kier alpha value is -1.09. The van der Waals surface area contributed by atoms with Gasteiger partial charge >= 0.3 is 0 Å². The van der Waals surface area contributed by atoms with E-state index in [1.165, 1.54) is 6.07 Å². The SMILES string of the molecule is CCCNC1c2cc(F)ccc2OC1CC. The van der Waals surface area contributed by atoms with Crippen molar-refractivity contribution in [2.75, 3.05) is 6.54 Å². The maximum Gasteiger partial charge on any atom is 0.124 e. The Morgan fingerprint density at radius 2 is 2.19 bits per heavy atom. The highest BCUT2D eigenvalue weighted by molar-refractivity contribution is 5.41. The number of halogens is 1. The third kappa shape index (κ3) is 2.05. The number of benzene rings is 1. The summed E-state index contributed by atoms with van der Waals surface area (Å²) in [6.07, 6.45) is 2.12. The van der Waals surface area contributed by atoms with Crippen LogP contribution in [0.5, 0.6) is 5.75 Å². The second kappa shape index (κ2) is 4.83. The van der Waals surface area contributed by atoms with Crippen LogP contribution in [0.4, 0.5) is 4.39 Å². The molecule has 1 heterocycles. The van der Waals surface area contributed by atoms with Crippen molar-refractivity contribution in [3.63, 3.8) is 0 Å². The molecule has 16 heavy (non-hydrogen) atoms. The molecular weight excluding hydrogens is 205 g/mol. The van der Waals surface area contributed by atoms with E-state index in [1.807, 2.05) is 0 Å². The van der Waals surface area contributed by atoms with Crippen molar-refractivity contribution in [1.29, 1.82) is 0 Å². The lowest BCUT2D eigenvalue weighted by Gasteiger charge is -2.18. The zero-order valence-electron chi connectivity index (χ0n) is 9.79. The largest absolute Gasteiger partial charge is 0.488 e. The summed E-state index contributed by atoms with van der Waals surface area (Å²) in [5.74, 6) is 0.629. The molecule has 3 heteroatoms. The van der Waals surface area contributed by atoms with E-state index in [9.17, 15) is 4.39 Å². The van der Waals surface area contributed by atoms with Gasteiger partial charge in [0.2, 0.25) is 0 Å². The smallest absolute Gasteiger partial charge is 0.124 e. The summed E-state index contributed by atoms with van der Waals surface area (Å²) in [5.41, 5.74) is 0.959. The van der Waals surface area contributed by atoms with Gasteiger partial charge in [0, 0.05) is 5.56 Å². The van der Waals surface area contributed by atoms with Crippen LogP contribution in [0.25, 0.3) is 0 Å². The fourth-order valence-corrected chi connectivity index (χ4v) is 2.16. The molecular formula is C13H18FNO. The number of rotatable bonds is 4. The van der Waals surface area contributed by atoms with Gasteiger partial charge in [-0.25, -0.2) is 4.39 Å². The van der Waals surface area contributed by atoms with Crippen molar-refractivity contribution in [2.24, 2.45) is 0 Å². The van der Waals surface area contributed by atoms with Crippen LogP contribution in [0.2, 0.25) is 0 Å². The third-order valence-corrected chi connectivity index (χ3v) is 2.97. The maximum atomic E-state index is 13.2. The molecule has 0 fully saturated rings. The number of ether oxygens (including phenoxy) is 1. The lowest BCUT2D eigenvalue weighted by atomic mass is 10.0. The van der Waals surface area contributed by atoms with Crippen LogP contribution in [0, 0.1) is 5.82 Å². The van der Waals surface area contributed by atoms with Crippen molar-refractivity contribution in [1.82, 2.24) is 5.32 Å². The average Bonchev–Trinajstić information content (AvgIpc) is 2.63. The van der Waals surface area contributed by atoms with Crippen molar-refractivity contribution in [2.45, 2.75) is 38.8 Å². The predicted molar refractivity (Wildman–Crippen MR) is 62.1 cm³/mol. The van der Waals surface area contributed by atoms with Crippen LogP contribution in [0.3, 0.4) is 0 Å². The standard InChI is InChI=1S/C13H18FNO/c1-3-7-15-13-10-8-9(14)5-6-12(10)16-11(13)4-2/h5-6,8,11,13,15H,3-4,7H2,1-2H3. The van der Waals surface area contributed by atoms with E-state index >= 15 is 0 Å². The number of hydrogen-bond donors (Lipinski definition) is 1. The monoisotopic (exact) mass is 223 g/mol. The average molecular weight is 223 g/mol. The van der Waals surface area contributed by atoms with E-state index in [0.29, 0.717) is 0 Å². The fourth-order valence-electron chi connectivity index (χ4n) is 2.16. The Balaban J connectivity index is 2.24. The first-order valence-electron chi connectivity index (χ1n) is 5.95. The summed E-state index contributed by atoms with van der Waals surface area (Å²) >= 11 is 0. The lowest BCUT2D eigenvalue weighted by Crippen LogP contribution is -2.31. The Bertz CT molecular complexity index is 367. The van der Waals surface area contributed by atoms with E-state index in [-0.39, 0.29) is 18.0 Å². The third-order valence-electron chi connectivity index (χ3n) is 2.97. The van der Waals surface area contributed by atoms with Gasteiger partial charge in [0.05, 0.1) is 6.04 Å². The lowest BCUT2D eigenvalue weighted by molar-refractivity contribution is 0.185. The molecule has 2 rings (SSSR count). The van der Waals surface area contributed by atoms with Gasteiger partial charge in [0.15, 0.2) is 0 Å². The zero-order chi connectivity index (χ0) is 11.5. The van der Waals surface area contributed by atoms with Crippen LogP contribution >= 0.6 is 0 Å². The van der Waals surface area contributed by atoms with E-state index in [4.69, 9.17) is 4.74 Å². The minimum atomic E-state index is -0.192. The second-order valence-corrected chi connectivity index (χ2v) is 4.18. The summed E-state index contributed by atoms with van der Waals surface area (Å²) < 4.78 is 19.0. The minimum absolute atomic E-state index is 0.128. The van der Waals surface area contributed by atoms with Gasteiger partial charge in [0.1, 0.15) is 17.7 Å². The molecule has 1 N–H and O–H groups in total. The molecule has 0 saturated carbocycles. The number of nitrogens with one attached hydrogen (secondary N) is 1. The molecule has 0 bridgehead atoms. The summed E-state index contributed by atoms with van der Waals surface area (Å²) in [5, 5.41) is 3.42. The summed E-state index contributed by atoms with van der Waals surface area (Å²) in [7, 11) is 0. The van der Waals surface area contributed by atoms with Crippen LogP contribution < -0.4 is 10.1 Å². The quantitative estimate of drug-likeness (QED) is 0.847. The van der Waals surface area contributed by atoms with E-state index in [2.05, 4.69) is 19.2 Å². The molecule has 1 aromatic rings. The van der Waals surface area contributed by atoms with Gasteiger partial charge in [0.25, 0.3) is 0 Å². The van der Waals surface area contributed by atoms with Crippen molar-refractivity contribution < 1.29 is 9.13 Å². The van der Waals surface area contributed by atoms with Gasteiger partial charge in [-0.15, -0.1) is 0 Å². The predicted octanol–water partition coefficient (Wildman–Crippen LogP) is 3.04. The van der Waals surface area contributed by atoms with Gasteiger partial charge in [-0.05, 0) is 37.6 Å². The number of hydrogen-bond acceptors (Lipinski definition) is 2. The summed E-state index contributed by atoms with van der Waals surface area (Å²) in [4.78, 5) is 0. The Labute approximate surface area is 95.8 Å². The molecule has 0 spiro atoms. The Morgan fingerprint density at radius 1 is 1.38 bits per heavy atom. The molecule has 2 unspecified atom stereocenters. The minimum Gasteiger partial charge on any atom is -0.488 e. The second-order valence-electron chi connectivity index (χ2n) is 4.18. The Morgan fingerprint density at radius 3 is 2.88 bits per heavy atom. The fraction of sp³-hybridized carbons (Fsp3) is 0.538. The molecule has 0 saturated heterocycles. The van der Waals surface area contributed by atoms with E-state index in [0.717, 1.165) is 30.7 Å². The van der Waals surface area contributed by atoms with E-state index in [1.54, 1.807) is 12.1 Å². The number of fused-ring (bicyclic) bond motifs is 1. The Kier molecular flexibility index (Phi) is 3.44.